The van der Waals surface area contributed by atoms with Gasteiger partial charge >= 0.3 is 0 Å². The first-order chi connectivity index (χ1) is 11.7. The van der Waals surface area contributed by atoms with E-state index in [0.29, 0.717) is 18.2 Å². The summed E-state index contributed by atoms with van der Waals surface area (Å²) in [6.07, 6.45) is 2.16. The number of aryl methyl sites for hydroxylation is 1. The van der Waals surface area contributed by atoms with Gasteiger partial charge in [0.25, 0.3) is 0 Å². The Hall–Kier alpha value is -2.54. The van der Waals surface area contributed by atoms with E-state index in [1.54, 1.807) is 0 Å². The van der Waals surface area contributed by atoms with Gasteiger partial charge in [-0.15, -0.1) is 0 Å². The lowest BCUT2D eigenvalue weighted by Gasteiger charge is -2.30. The highest BCUT2D eigenvalue weighted by Crippen LogP contribution is 2.26. The predicted octanol–water partition coefficient (Wildman–Crippen LogP) is 2.28. The fraction of sp³-hybridized carbons (Fsp3) is 0.412. The molecule has 2 aromatic heterocycles. The van der Waals surface area contributed by atoms with Crippen molar-refractivity contribution >= 4 is 16.7 Å². The van der Waals surface area contributed by atoms with E-state index in [1.165, 1.54) is 0 Å². The number of fused-ring (bicyclic) bond motifs is 1. The number of rotatable bonds is 3. The highest BCUT2D eigenvalue weighted by molar-refractivity contribution is 5.87. The second kappa shape index (κ2) is 6.16. The molecular formula is C17H20N6O. The highest BCUT2D eigenvalue weighted by Gasteiger charge is 2.26. The third-order valence-electron chi connectivity index (χ3n) is 4.44. The van der Waals surface area contributed by atoms with E-state index in [-0.39, 0.29) is 5.92 Å². The van der Waals surface area contributed by atoms with Crippen molar-refractivity contribution in [2.24, 2.45) is 0 Å². The molecule has 0 amide bonds. The number of piperidine rings is 1. The molecule has 0 bridgehead atoms. The molecule has 2 N–H and O–H groups in total. The Morgan fingerprint density at radius 2 is 2.12 bits per heavy atom. The molecule has 0 radical (unpaired) electrons. The first kappa shape index (κ1) is 15.0. The van der Waals surface area contributed by atoms with E-state index < -0.39 is 0 Å². The molecule has 1 saturated heterocycles. The lowest BCUT2D eigenvalue weighted by molar-refractivity contribution is 0.177. The van der Waals surface area contributed by atoms with Crippen molar-refractivity contribution in [3.05, 3.63) is 41.8 Å². The molecule has 4 rings (SSSR count). The minimum Gasteiger partial charge on any atom is -0.383 e. The van der Waals surface area contributed by atoms with Gasteiger partial charge in [-0.2, -0.15) is 4.98 Å². The largest absolute Gasteiger partial charge is 0.383 e. The standard InChI is InChI=1S/C17H20N6O/c1-11-19-17(24-22-11)12-5-4-8-23(9-12)10-15-20-14-7-3-2-6-13(14)16(18)21-15/h2-3,6-7,12H,4-5,8-10H2,1H3,(H2,18,20,21). The molecule has 24 heavy (non-hydrogen) atoms. The van der Waals surface area contributed by atoms with Crippen molar-refractivity contribution in [2.45, 2.75) is 32.2 Å². The number of anilines is 1. The topological polar surface area (TPSA) is 94.0 Å². The summed E-state index contributed by atoms with van der Waals surface area (Å²) in [6, 6.07) is 7.83. The Kier molecular flexibility index (Phi) is 3.86. The van der Waals surface area contributed by atoms with Crippen LogP contribution >= 0.6 is 0 Å². The quantitative estimate of drug-likeness (QED) is 0.789. The maximum atomic E-state index is 6.08. The van der Waals surface area contributed by atoms with Crippen LogP contribution < -0.4 is 5.73 Å². The molecular weight excluding hydrogens is 304 g/mol. The Labute approximate surface area is 139 Å². The Balaban J connectivity index is 1.52. The summed E-state index contributed by atoms with van der Waals surface area (Å²) in [5, 5.41) is 4.80. The number of nitrogens with zero attached hydrogens (tertiary/aromatic N) is 5. The van der Waals surface area contributed by atoms with E-state index in [2.05, 4.69) is 25.0 Å². The summed E-state index contributed by atoms with van der Waals surface area (Å²) in [5.74, 6) is 2.99. The zero-order valence-corrected chi connectivity index (χ0v) is 13.6. The molecule has 1 atom stereocenters. The van der Waals surface area contributed by atoms with Crippen molar-refractivity contribution in [1.29, 1.82) is 0 Å². The number of nitrogens with two attached hydrogens (primary N) is 1. The molecule has 0 aliphatic carbocycles. The van der Waals surface area contributed by atoms with Crippen LogP contribution in [0.3, 0.4) is 0 Å². The van der Waals surface area contributed by atoms with Crippen molar-refractivity contribution in [1.82, 2.24) is 25.0 Å². The second-order valence-corrected chi connectivity index (χ2v) is 6.30. The third kappa shape index (κ3) is 2.94. The molecule has 7 nitrogen and oxygen atoms in total. The normalized spacial score (nSPS) is 19.0. The van der Waals surface area contributed by atoms with Crippen LogP contribution in [0.4, 0.5) is 5.82 Å². The second-order valence-electron chi connectivity index (χ2n) is 6.30. The molecule has 1 aliphatic rings. The Morgan fingerprint density at radius 1 is 1.25 bits per heavy atom. The average molecular weight is 324 g/mol. The van der Waals surface area contributed by atoms with Crippen molar-refractivity contribution in [3.63, 3.8) is 0 Å². The van der Waals surface area contributed by atoms with Crippen LogP contribution in [-0.4, -0.2) is 38.1 Å². The van der Waals surface area contributed by atoms with Gasteiger partial charge < -0.3 is 10.3 Å². The van der Waals surface area contributed by atoms with Crippen LogP contribution in [0.1, 0.15) is 36.3 Å². The molecule has 0 saturated carbocycles. The summed E-state index contributed by atoms with van der Waals surface area (Å²) in [7, 11) is 0. The smallest absolute Gasteiger partial charge is 0.231 e. The highest BCUT2D eigenvalue weighted by atomic mass is 16.5. The fourth-order valence-electron chi connectivity index (χ4n) is 3.30. The molecule has 3 aromatic rings. The van der Waals surface area contributed by atoms with Gasteiger partial charge in [0.05, 0.1) is 18.0 Å². The van der Waals surface area contributed by atoms with Crippen molar-refractivity contribution in [2.75, 3.05) is 18.8 Å². The molecule has 124 valence electrons. The first-order valence-electron chi connectivity index (χ1n) is 8.23. The SMILES string of the molecule is Cc1noc(C2CCCN(Cc3nc(N)c4ccccc4n3)C2)n1. The minimum absolute atomic E-state index is 0.276. The molecule has 1 aromatic carbocycles. The van der Waals surface area contributed by atoms with Gasteiger partial charge in [0, 0.05) is 11.9 Å². The monoisotopic (exact) mass is 324 g/mol. The summed E-state index contributed by atoms with van der Waals surface area (Å²) in [5.41, 5.74) is 6.97. The van der Waals surface area contributed by atoms with Crippen LogP contribution in [-0.2, 0) is 6.54 Å². The zero-order chi connectivity index (χ0) is 16.5. The van der Waals surface area contributed by atoms with E-state index in [1.807, 2.05) is 31.2 Å². The Bertz CT molecular complexity index is 861. The van der Waals surface area contributed by atoms with Gasteiger partial charge in [-0.05, 0) is 38.4 Å². The first-order valence-corrected chi connectivity index (χ1v) is 8.23. The minimum atomic E-state index is 0.276. The van der Waals surface area contributed by atoms with Crippen molar-refractivity contribution < 1.29 is 4.52 Å². The maximum absolute atomic E-state index is 6.08. The molecule has 1 aliphatic heterocycles. The molecule has 3 heterocycles. The lowest BCUT2D eigenvalue weighted by Crippen LogP contribution is -2.34. The molecule has 0 spiro atoms. The van der Waals surface area contributed by atoms with E-state index in [9.17, 15) is 0 Å². The van der Waals surface area contributed by atoms with E-state index in [0.717, 1.165) is 48.5 Å². The van der Waals surface area contributed by atoms with Gasteiger partial charge in [0.15, 0.2) is 5.82 Å². The van der Waals surface area contributed by atoms with Crippen LogP contribution in [0.15, 0.2) is 28.8 Å². The van der Waals surface area contributed by atoms with Gasteiger partial charge in [0.2, 0.25) is 5.89 Å². The lowest BCUT2D eigenvalue weighted by atomic mass is 9.98. The summed E-state index contributed by atoms with van der Waals surface area (Å²) < 4.78 is 5.34. The van der Waals surface area contributed by atoms with Crippen LogP contribution in [0.2, 0.25) is 0 Å². The van der Waals surface area contributed by atoms with Crippen molar-refractivity contribution in [3.8, 4) is 0 Å². The number of para-hydroxylation sites is 1. The van der Waals surface area contributed by atoms with Gasteiger partial charge in [-0.25, -0.2) is 9.97 Å². The van der Waals surface area contributed by atoms with Gasteiger partial charge in [-0.1, -0.05) is 17.3 Å². The van der Waals surface area contributed by atoms with Crippen LogP contribution in [0.25, 0.3) is 10.9 Å². The third-order valence-corrected chi connectivity index (χ3v) is 4.44. The number of likely N-dealkylation sites (tertiary alicyclic amines) is 1. The average Bonchev–Trinajstić information content (AvgIpc) is 3.02. The van der Waals surface area contributed by atoms with Crippen LogP contribution in [0.5, 0.6) is 0 Å². The molecule has 7 heteroatoms. The number of hydrogen-bond donors (Lipinski definition) is 1. The van der Waals surface area contributed by atoms with Gasteiger partial charge in [0.1, 0.15) is 11.6 Å². The predicted molar refractivity (Wildman–Crippen MR) is 90.2 cm³/mol. The number of aromatic nitrogens is 4. The molecule has 1 fully saturated rings. The number of hydrogen-bond acceptors (Lipinski definition) is 7. The summed E-state index contributed by atoms with van der Waals surface area (Å²) in [6.45, 7) is 4.41. The number of nitrogen functional groups attached to an aromatic ring is 1. The number of benzene rings is 1. The van der Waals surface area contributed by atoms with Gasteiger partial charge in [-0.3, -0.25) is 4.90 Å². The van der Waals surface area contributed by atoms with Crippen LogP contribution in [0, 0.1) is 6.92 Å². The van der Waals surface area contributed by atoms with E-state index >= 15 is 0 Å². The molecule has 1 unspecified atom stereocenters. The summed E-state index contributed by atoms with van der Waals surface area (Å²) in [4.78, 5) is 15.8. The Morgan fingerprint density at radius 3 is 2.96 bits per heavy atom. The summed E-state index contributed by atoms with van der Waals surface area (Å²) >= 11 is 0. The fourth-order valence-corrected chi connectivity index (χ4v) is 3.30. The maximum Gasteiger partial charge on any atom is 0.231 e. The van der Waals surface area contributed by atoms with E-state index in [4.69, 9.17) is 10.3 Å². The zero-order valence-electron chi connectivity index (χ0n) is 13.6.